The van der Waals surface area contributed by atoms with E-state index >= 15 is 0 Å². The van der Waals surface area contributed by atoms with Crippen molar-refractivity contribution in [3.8, 4) is 0 Å². The monoisotopic (exact) mass is 275 g/mol. The number of carbonyl (C=O) groups is 3. The summed E-state index contributed by atoms with van der Waals surface area (Å²) in [5.74, 6) is -1.69. The van der Waals surface area contributed by atoms with Crippen LogP contribution in [-0.4, -0.2) is 67.3 Å². The lowest BCUT2D eigenvalue weighted by atomic mass is 10.3. The number of hydrogen-bond acceptors (Lipinski definition) is 4. The fraction of sp³-hybridized carbons (Fsp3) is 0.727. The van der Waals surface area contributed by atoms with Crippen molar-refractivity contribution in [2.45, 2.75) is 19.9 Å². The highest BCUT2D eigenvalue weighted by Crippen LogP contribution is 1.99. The van der Waals surface area contributed by atoms with Crippen LogP contribution in [0.3, 0.4) is 0 Å². The minimum atomic E-state index is -1.14. The minimum absolute atomic E-state index is 0.114. The molecule has 0 saturated heterocycles. The van der Waals surface area contributed by atoms with Crippen molar-refractivity contribution in [2.24, 2.45) is 0 Å². The smallest absolute Gasteiger partial charge is 0.322 e. The van der Waals surface area contributed by atoms with Crippen LogP contribution < -0.4 is 10.6 Å². The SMILES string of the molecule is CCN(C(=O)NCC(=O)NCC(=O)O)C(C)COC. The van der Waals surface area contributed by atoms with Gasteiger partial charge in [0.1, 0.15) is 6.54 Å². The second-order valence-corrected chi connectivity index (χ2v) is 3.92. The summed E-state index contributed by atoms with van der Waals surface area (Å²) in [5.41, 5.74) is 0. The fourth-order valence-corrected chi connectivity index (χ4v) is 1.48. The lowest BCUT2D eigenvalue weighted by Gasteiger charge is -2.27. The molecular formula is C11H21N3O5. The van der Waals surface area contributed by atoms with Crippen LogP contribution in [0.2, 0.25) is 0 Å². The molecule has 0 radical (unpaired) electrons. The second kappa shape index (κ2) is 9.15. The zero-order chi connectivity index (χ0) is 14.8. The third-order valence-corrected chi connectivity index (χ3v) is 2.38. The summed E-state index contributed by atoms with van der Waals surface area (Å²) >= 11 is 0. The summed E-state index contributed by atoms with van der Waals surface area (Å²) in [5, 5.41) is 12.9. The first kappa shape index (κ1) is 17.2. The minimum Gasteiger partial charge on any atom is -0.480 e. The Hall–Kier alpha value is -1.83. The van der Waals surface area contributed by atoms with E-state index in [0.29, 0.717) is 13.2 Å². The number of carboxylic acid groups (broad SMARTS) is 1. The van der Waals surface area contributed by atoms with Gasteiger partial charge in [-0.05, 0) is 13.8 Å². The van der Waals surface area contributed by atoms with Crippen molar-refractivity contribution >= 4 is 17.9 Å². The van der Waals surface area contributed by atoms with E-state index in [1.165, 1.54) is 4.90 Å². The third-order valence-electron chi connectivity index (χ3n) is 2.38. The van der Waals surface area contributed by atoms with Gasteiger partial charge in [0.2, 0.25) is 5.91 Å². The van der Waals surface area contributed by atoms with Crippen molar-refractivity contribution in [3.63, 3.8) is 0 Å². The molecule has 8 heteroatoms. The Morgan fingerprint density at radius 3 is 2.37 bits per heavy atom. The Kier molecular flexibility index (Phi) is 8.27. The maximum Gasteiger partial charge on any atom is 0.322 e. The van der Waals surface area contributed by atoms with Crippen LogP contribution in [0.5, 0.6) is 0 Å². The molecule has 0 heterocycles. The van der Waals surface area contributed by atoms with Crippen molar-refractivity contribution in [3.05, 3.63) is 0 Å². The molecule has 3 N–H and O–H groups in total. The van der Waals surface area contributed by atoms with Gasteiger partial charge in [-0.1, -0.05) is 0 Å². The van der Waals surface area contributed by atoms with E-state index < -0.39 is 24.5 Å². The van der Waals surface area contributed by atoms with Crippen LogP contribution >= 0.6 is 0 Å². The number of carboxylic acids is 1. The van der Waals surface area contributed by atoms with Gasteiger partial charge >= 0.3 is 12.0 Å². The van der Waals surface area contributed by atoms with Crippen molar-refractivity contribution in [1.29, 1.82) is 0 Å². The Morgan fingerprint density at radius 1 is 1.26 bits per heavy atom. The van der Waals surface area contributed by atoms with E-state index in [0.717, 1.165) is 0 Å². The van der Waals surface area contributed by atoms with Gasteiger partial charge in [0.15, 0.2) is 0 Å². The average molecular weight is 275 g/mol. The first-order chi connectivity index (χ1) is 8.92. The Morgan fingerprint density at radius 2 is 1.89 bits per heavy atom. The third kappa shape index (κ3) is 7.24. The molecular weight excluding hydrogens is 254 g/mol. The van der Waals surface area contributed by atoms with Crippen LogP contribution in [0.4, 0.5) is 4.79 Å². The molecule has 8 nitrogen and oxygen atoms in total. The molecule has 3 amide bonds. The van der Waals surface area contributed by atoms with Gasteiger partial charge in [-0.15, -0.1) is 0 Å². The molecule has 0 fully saturated rings. The van der Waals surface area contributed by atoms with E-state index in [1.807, 2.05) is 13.8 Å². The molecule has 0 aliphatic heterocycles. The molecule has 1 unspecified atom stereocenters. The van der Waals surface area contributed by atoms with Crippen LogP contribution in [0.15, 0.2) is 0 Å². The lowest BCUT2D eigenvalue weighted by molar-refractivity contribution is -0.137. The highest BCUT2D eigenvalue weighted by molar-refractivity contribution is 5.86. The van der Waals surface area contributed by atoms with Crippen molar-refractivity contribution in [1.82, 2.24) is 15.5 Å². The zero-order valence-electron chi connectivity index (χ0n) is 11.4. The number of urea groups is 1. The van der Waals surface area contributed by atoms with Crippen LogP contribution in [0.1, 0.15) is 13.8 Å². The molecule has 0 aromatic carbocycles. The molecule has 0 aliphatic rings. The van der Waals surface area contributed by atoms with Gasteiger partial charge in [-0.25, -0.2) is 4.79 Å². The summed E-state index contributed by atoms with van der Waals surface area (Å²) in [6.07, 6.45) is 0. The van der Waals surface area contributed by atoms with Gasteiger partial charge in [0.05, 0.1) is 19.2 Å². The van der Waals surface area contributed by atoms with Gasteiger partial charge in [-0.2, -0.15) is 0 Å². The zero-order valence-corrected chi connectivity index (χ0v) is 11.4. The molecule has 0 aliphatic carbocycles. The number of hydrogen-bond donors (Lipinski definition) is 3. The fourth-order valence-electron chi connectivity index (χ4n) is 1.48. The molecule has 110 valence electrons. The van der Waals surface area contributed by atoms with Crippen LogP contribution in [0.25, 0.3) is 0 Å². The summed E-state index contributed by atoms with van der Waals surface area (Å²) in [4.78, 5) is 34.8. The molecule has 0 saturated carbocycles. The topological polar surface area (TPSA) is 108 Å². The van der Waals surface area contributed by atoms with Gasteiger partial charge in [0.25, 0.3) is 0 Å². The highest BCUT2D eigenvalue weighted by atomic mass is 16.5. The summed E-state index contributed by atoms with van der Waals surface area (Å²) in [7, 11) is 1.54. The molecule has 1 atom stereocenters. The summed E-state index contributed by atoms with van der Waals surface area (Å²) in [6.45, 7) is 3.79. The predicted octanol–water partition coefficient (Wildman–Crippen LogP) is -0.746. The predicted molar refractivity (Wildman–Crippen MR) is 67.8 cm³/mol. The van der Waals surface area contributed by atoms with Gasteiger partial charge in [-0.3, -0.25) is 9.59 Å². The number of amides is 3. The first-order valence-corrected chi connectivity index (χ1v) is 5.94. The van der Waals surface area contributed by atoms with E-state index in [2.05, 4.69) is 10.6 Å². The molecule has 0 bridgehead atoms. The van der Waals surface area contributed by atoms with E-state index in [9.17, 15) is 14.4 Å². The number of ether oxygens (including phenoxy) is 1. The van der Waals surface area contributed by atoms with E-state index in [1.54, 1.807) is 7.11 Å². The number of nitrogens with zero attached hydrogens (tertiary/aromatic N) is 1. The highest BCUT2D eigenvalue weighted by Gasteiger charge is 2.18. The Labute approximate surface area is 112 Å². The summed E-state index contributed by atoms with van der Waals surface area (Å²) < 4.78 is 4.96. The average Bonchev–Trinajstić information content (AvgIpc) is 2.35. The Balaban J connectivity index is 4.13. The summed E-state index contributed by atoms with van der Waals surface area (Å²) in [6, 6.07) is -0.505. The van der Waals surface area contributed by atoms with Crippen molar-refractivity contribution in [2.75, 3.05) is 33.4 Å². The van der Waals surface area contributed by atoms with Crippen LogP contribution in [0, 0.1) is 0 Å². The number of nitrogens with one attached hydrogen (secondary N) is 2. The quantitative estimate of drug-likeness (QED) is 0.540. The van der Waals surface area contributed by atoms with Gasteiger partial charge in [0, 0.05) is 13.7 Å². The molecule has 0 spiro atoms. The maximum atomic E-state index is 11.8. The van der Waals surface area contributed by atoms with E-state index in [4.69, 9.17) is 9.84 Å². The van der Waals surface area contributed by atoms with E-state index in [-0.39, 0.29) is 12.6 Å². The number of aliphatic carboxylic acids is 1. The standard InChI is InChI=1S/C11H21N3O5/c1-4-14(8(2)7-19-3)11(18)13-5-9(15)12-6-10(16)17/h8H,4-7H2,1-3H3,(H,12,15)(H,13,18)(H,16,17). The number of carbonyl (C=O) groups excluding carboxylic acids is 2. The normalized spacial score (nSPS) is 11.5. The molecule has 19 heavy (non-hydrogen) atoms. The maximum absolute atomic E-state index is 11.8. The molecule has 0 aromatic rings. The second-order valence-electron chi connectivity index (χ2n) is 3.92. The lowest BCUT2D eigenvalue weighted by Crippen LogP contribution is -2.49. The van der Waals surface area contributed by atoms with Crippen LogP contribution in [-0.2, 0) is 14.3 Å². The van der Waals surface area contributed by atoms with Gasteiger partial charge < -0.3 is 25.4 Å². The molecule has 0 rings (SSSR count). The molecule has 0 aromatic heterocycles. The number of rotatable bonds is 8. The number of methoxy groups -OCH3 is 1. The Bertz CT molecular complexity index is 321. The largest absolute Gasteiger partial charge is 0.480 e. The number of likely N-dealkylation sites (N-methyl/N-ethyl adjacent to an activating group) is 1. The first-order valence-electron chi connectivity index (χ1n) is 5.94. The van der Waals surface area contributed by atoms with Crippen molar-refractivity contribution < 1.29 is 24.2 Å².